The molecule has 2 aliphatic rings. The van der Waals surface area contributed by atoms with E-state index in [1.807, 2.05) is 0 Å². The first-order valence-electron chi connectivity index (χ1n) is 10.4. The Morgan fingerprint density at radius 1 is 0.818 bits per heavy atom. The smallest absolute Gasteiger partial charge is 0.313 e. The highest BCUT2D eigenvalue weighted by atomic mass is 16.6. The Kier molecular flexibility index (Phi) is 6.24. The maximum absolute atomic E-state index is 12.9. The molecule has 0 aromatic heterocycles. The van der Waals surface area contributed by atoms with Crippen molar-refractivity contribution in [1.82, 2.24) is 0 Å². The van der Waals surface area contributed by atoms with Crippen LogP contribution in [0.5, 0.6) is 23.0 Å². The highest BCUT2D eigenvalue weighted by Crippen LogP contribution is 2.52. The van der Waals surface area contributed by atoms with E-state index < -0.39 is 30.1 Å². The SMILES string of the molecule is COc1cc([C@@H]2OC(=O)[C@@H]3[C@H]2CO[C@H]3c2ccc(OC(C)=O)c(OC)c2)ccc1OC(C)=O. The first-order valence-corrected chi connectivity index (χ1v) is 10.4. The molecule has 2 aliphatic heterocycles. The first kappa shape index (κ1) is 22.6. The van der Waals surface area contributed by atoms with Gasteiger partial charge >= 0.3 is 17.9 Å². The summed E-state index contributed by atoms with van der Waals surface area (Å²) in [6, 6.07) is 10.1. The summed E-state index contributed by atoms with van der Waals surface area (Å²) in [7, 11) is 2.94. The monoisotopic (exact) mass is 456 g/mol. The van der Waals surface area contributed by atoms with Crippen LogP contribution in [0.1, 0.15) is 37.2 Å². The molecule has 0 radical (unpaired) electrons. The number of carbonyl (C=O) groups is 3. The average Bonchev–Trinajstić information content (AvgIpc) is 3.35. The van der Waals surface area contributed by atoms with Crippen molar-refractivity contribution in [2.75, 3.05) is 20.8 Å². The van der Waals surface area contributed by atoms with Crippen LogP contribution in [-0.4, -0.2) is 38.7 Å². The van der Waals surface area contributed by atoms with E-state index in [1.165, 1.54) is 28.1 Å². The topological polar surface area (TPSA) is 107 Å². The number of carbonyl (C=O) groups excluding carboxylic acids is 3. The van der Waals surface area contributed by atoms with Crippen LogP contribution in [0.4, 0.5) is 0 Å². The Hall–Kier alpha value is -3.59. The van der Waals surface area contributed by atoms with Crippen molar-refractivity contribution in [3.8, 4) is 23.0 Å². The van der Waals surface area contributed by atoms with Crippen LogP contribution in [0.15, 0.2) is 36.4 Å². The summed E-state index contributed by atoms with van der Waals surface area (Å²) < 4.78 is 32.7. The van der Waals surface area contributed by atoms with E-state index in [9.17, 15) is 14.4 Å². The lowest BCUT2D eigenvalue weighted by atomic mass is 9.84. The molecule has 0 spiro atoms. The molecule has 2 aromatic carbocycles. The van der Waals surface area contributed by atoms with E-state index in [2.05, 4.69) is 0 Å². The van der Waals surface area contributed by atoms with Gasteiger partial charge in [0.15, 0.2) is 23.0 Å². The number of benzene rings is 2. The molecule has 9 heteroatoms. The predicted octanol–water partition coefficient (Wildman–Crippen LogP) is 3.16. The molecular formula is C24H24O9. The molecule has 2 heterocycles. The third kappa shape index (κ3) is 4.36. The van der Waals surface area contributed by atoms with Gasteiger partial charge < -0.3 is 28.4 Å². The minimum Gasteiger partial charge on any atom is -0.493 e. The number of fused-ring (bicyclic) bond motifs is 1. The second kappa shape index (κ2) is 9.11. The van der Waals surface area contributed by atoms with Gasteiger partial charge in [-0.3, -0.25) is 14.4 Å². The van der Waals surface area contributed by atoms with E-state index in [4.69, 9.17) is 28.4 Å². The summed E-state index contributed by atoms with van der Waals surface area (Å²) in [4.78, 5) is 35.5. The molecule has 4 rings (SSSR count). The fraction of sp³-hybridized carbons (Fsp3) is 0.375. The average molecular weight is 456 g/mol. The largest absolute Gasteiger partial charge is 0.493 e. The normalized spacial score (nSPS) is 23.5. The molecule has 2 fully saturated rings. The van der Waals surface area contributed by atoms with Crippen molar-refractivity contribution < 1.29 is 42.8 Å². The van der Waals surface area contributed by atoms with Crippen molar-refractivity contribution in [3.05, 3.63) is 47.5 Å². The quantitative estimate of drug-likeness (QED) is 0.478. The van der Waals surface area contributed by atoms with Crippen molar-refractivity contribution in [2.45, 2.75) is 26.1 Å². The molecule has 0 N–H and O–H groups in total. The fourth-order valence-electron chi connectivity index (χ4n) is 4.33. The van der Waals surface area contributed by atoms with Crippen molar-refractivity contribution in [2.24, 2.45) is 11.8 Å². The number of esters is 3. The Labute approximate surface area is 190 Å². The van der Waals surface area contributed by atoms with Crippen LogP contribution in [-0.2, 0) is 23.9 Å². The Bertz CT molecular complexity index is 1030. The van der Waals surface area contributed by atoms with Gasteiger partial charge in [0.1, 0.15) is 6.10 Å². The number of methoxy groups -OCH3 is 2. The highest BCUT2D eigenvalue weighted by molar-refractivity contribution is 5.77. The van der Waals surface area contributed by atoms with E-state index in [0.29, 0.717) is 18.1 Å². The summed E-state index contributed by atoms with van der Waals surface area (Å²) in [5.74, 6) is -0.716. The first-order chi connectivity index (χ1) is 15.8. The summed E-state index contributed by atoms with van der Waals surface area (Å²) in [6.45, 7) is 2.93. The summed E-state index contributed by atoms with van der Waals surface area (Å²) in [5, 5.41) is 0. The second-order valence-electron chi connectivity index (χ2n) is 7.81. The summed E-state index contributed by atoms with van der Waals surface area (Å²) in [6.07, 6.45) is -1.06. The number of rotatable bonds is 6. The third-order valence-electron chi connectivity index (χ3n) is 5.70. The van der Waals surface area contributed by atoms with Gasteiger partial charge in [-0.25, -0.2) is 0 Å². The zero-order chi connectivity index (χ0) is 23.7. The molecule has 4 atom stereocenters. The summed E-state index contributed by atoms with van der Waals surface area (Å²) in [5.41, 5.74) is 1.44. The maximum atomic E-state index is 12.9. The molecule has 0 saturated carbocycles. The Balaban J connectivity index is 1.59. The van der Waals surface area contributed by atoms with Crippen molar-refractivity contribution in [1.29, 1.82) is 0 Å². The molecule has 0 bridgehead atoms. The lowest BCUT2D eigenvalue weighted by Crippen LogP contribution is -2.18. The highest BCUT2D eigenvalue weighted by Gasteiger charge is 2.54. The minimum atomic E-state index is -0.532. The minimum absolute atomic E-state index is 0.217. The lowest BCUT2D eigenvalue weighted by molar-refractivity contribution is -0.148. The molecule has 0 unspecified atom stereocenters. The second-order valence-corrected chi connectivity index (χ2v) is 7.81. The van der Waals surface area contributed by atoms with Gasteiger partial charge in [-0.05, 0) is 35.4 Å². The van der Waals surface area contributed by atoms with Gasteiger partial charge in [0.2, 0.25) is 0 Å². The fourth-order valence-corrected chi connectivity index (χ4v) is 4.33. The number of cyclic esters (lactones) is 1. The van der Waals surface area contributed by atoms with Gasteiger partial charge in [0.25, 0.3) is 0 Å². The molecule has 2 aromatic rings. The van der Waals surface area contributed by atoms with Crippen LogP contribution in [0, 0.1) is 11.8 Å². The van der Waals surface area contributed by atoms with Crippen molar-refractivity contribution >= 4 is 17.9 Å². The van der Waals surface area contributed by atoms with E-state index in [-0.39, 0.29) is 23.4 Å². The Morgan fingerprint density at radius 2 is 1.33 bits per heavy atom. The van der Waals surface area contributed by atoms with Crippen molar-refractivity contribution in [3.63, 3.8) is 0 Å². The lowest BCUT2D eigenvalue weighted by Gasteiger charge is -2.17. The van der Waals surface area contributed by atoms with E-state index in [0.717, 1.165) is 11.1 Å². The summed E-state index contributed by atoms with van der Waals surface area (Å²) >= 11 is 0. The van der Waals surface area contributed by atoms with Gasteiger partial charge in [-0.2, -0.15) is 0 Å². The van der Waals surface area contributed by atoms with E-state index >= 15 is 0 Å². The van der Waals surface area contributed by atoms with Crippen LogP contribution in [0.2, 0.25) is 0 Å². The van der Waals surface area contributed by atoms with Crippen LogP contribution in [0.3, 0.4) is 0 Å². The molecule has 174 valence electrons. The zero-order valence-corrected chi connectivity index (χ0v) is 18.7. The van der Waals surface area contributed by atoms with Crippen LogP contribution < -0.4 is 18.9 Å². The molecule has 33 heavy (non-hydrogen) atoms. The number of hydrogen-bond acceptors (Lipinski definition) is 9. The zero-order valence-electron chi connectivity index (χ0n) is 18.7. The molecular weight excluding hydrogens is 432 g/mol. The molecule has 2 saturated heterocycles. The number of hydrogen-bond donors (Lipinski definition) is 0. The Morgan fingerprint density at radius 3 is 1.82 bits per heavy atom. The third-order valence-corrected chi connectivity index (χ3v) is 5.70. The number of ether oxygens (including phenoxy) is 6. The van der Waals surface area contributed by atoms with Crippen LogP contribution in [0.25, 0.3) is 0 Å². The predicted molar refractivity (Wildman–Crippen MR) is 113 cm³/mol. The molecule has 0 amide bonds. The van der Waals surface area contributed by atoms with Gasteiger partial charge in [-0.15, -0.1) is 0 Å². The maximum Gasteiger partial charge on any atom is 0.313 e. The molecule has 9 nitrogen and oxygen atoms in total. The van der Waals surface area contributed by atoms with E-state index in [1.54, 1.807) is 36.4 Å². The van der Waals surface area contributed by atoms with Gasteiger partial charge in [0.05, 0.1) is 32.8 Å². The van der Waals surface area contributed by atoms with Crippen LogP contribution >= 0.6 is 0 Å². The standard InChI is InChI=1S/C24H24O9/c1-12(25)31-17-7-5-14(9-19(17)28-3)22-16-11-30-23(21(16)24(27)33-22)15-6-8-18(32-13(2)26)20(10-15)29-4/h5-10,16,21-23H,11H2,1-4H3/t16-,21-,22+,23+/m1/s1. The van der Waals surface area contributed by atoms with Gasteiger partial charge in [-0.1, -0.05) is 12.1 Å². The molecule has 0 aliphatic carbocycles. The van der Waals surface area contributed by atoms with Gasteiger partial charge in [0, 0.05) is 19.8 Å².